The Bertz CT molecular complexity index is 767. The second-order valence-corrected chi connectivity index (χ2v) is 8.07. The summed E-state index contributed by atoms with van der Waals surface area (Å²) in [7, 11) is 1.66. The summed E-state index contributed by atoms with van der Waals surface area (Å²) < 4.78 is 11.0. The quantitative estimate of drug-likeness (QED) is 0.565. The van der Waals surface area contributed by atoms with E-state index in [0.717, 1.165) is 30.6 Å². The van der Waals surface area contributed by atoms with Crippen LogP contribution in [0.3, 0.4) is 0 Å². The van der Waals surface area contributed by atoms with Crippen LogP contribution in [0.2, 0.25) is 0 Å². The summed E-state index contributed by atoms with van der Waals surface area (Å²) in [6.07, 6.45) is 4.51. The van der Waals surface area contributed by atoms with Crippen molar-refractivity contribution in [3.8, 4) is 5.75 Å². The molecule has 0 bridgehead atoms. The first kappa shape index (κ1) is 22.9. The van der Waals surface area contributed by atoms with Gasteiger partial charge in [0, 0.05) is 25.3 Å². The first-order chi connectivity index (χ1) is 13.8. The van der Waals surface area contributed by atoms with Crippen molar-refractivity contribution < 1.29 is 19.1 Å². The highest BCUT2D eigenvalue weighted by Crippen LogP contribution is 2.19. The average Bonchev–Trinajstić information content (AvgIpc) is 3.12. The first-order valence-electron chi connectivity index (χ1n) is 10.2. The van der Waals surface area contributed by atoms with Crippen LogP contribution < -0.4 is 10.1 Å². The highest BCUT2D eigenvalue weighted by molar-refractivity contribution is 5.76. The van der Waals surface area contributed by atoms with Crippen molar-refractivity contribution in [3.63, 3.8) is 0 Å². The Hall–Kier alpha value is -2.41. The molecule has 7 nitrogen and oxygen atoms in total. The molecule has 0 aliphatic heterocycles. The van der Waals surface area contributed by atoms with Crippen LogP contribution in [-0.2, 0) is 24.1 Å². The monoisotopic (exact) mass is 403 g/mol. The maximum atomic E-state index is 12.1. The van der Waals surface area contributed by atoms with E-state index in [4.69, 9.17) is 9.15 Å². The Morgan fingerprint density at radius 2 is 1.90 bits per heavy atom. The SMILES string of the molecule is COc1ccccc1CCc1nnc(CCC(=O)NC(C)CCCC(C)(C)O)o1. The highest BCUT2D eigenvalue weighted by atomic mass is 16.5. The van der Waals surface area contributed by atoms with E-state index >= 15 is 0 Å². The fourth-order valence-electron chi connectivity index (χ4n) is 3.12. The maximum Gasteiger partial charge on any atom is 0.220 e. The van der Waals surface area contributed by atoms with E-state index in [2.05, 4.69) is 15.5 Å². The molecule has 0 saturated heterocycles. The minimum Gasteiger partial charge on any atom is -0.496 e. The van der Waals surface area contributed by atoms with Crippen molar-refractivity contribution in [2.75, 3.05) is 7.11 Å². The lowest BCUT2D eigenvalue weighted by molar-refractivity contribution is -0.121. The average molecular weight is 404 g/mol. The molecule has 0 aliphatic rings. The molecule has 160 valence electrons. The molecule has 29 heavy (non-hydrogen) atoms. The fourth-order valence-corrected chi connectivity index (χ4v) is 3.12. The molecule has 1 heterocycles. The molecule has 7 heteroatoms. The molecule has 1 aromatic heterocycles. The number of hydrogen-bond acceptors (Lipinski definition) is 6. The number of nitrogens with zero attached hydrogens (tertiary/aromatic N) is 2. The molecule has 1 amide bonds. The van der Waals surface area contributed by atoms with Crippen molar-refractivity contribution in [3.05, 3.63) is 41.6 Å². The van der Waals surface area contributed by atoms with Crippen molar-refractivity contribution >= 4 is 5.91 Å². The Morgan fingerprint density at radius 1 is 1.21 bits per heavy atom. The summed E-state index contributed by atoms with van der Waals surface area (Å²) in [5.74, 6) is 1.85. The van der Waals surface area contributed by atoms with Gasteiger partial charge in [-0.15, -0.1) is 10.2 Å². The van der Waals surface area contributed by atoms with Gasteiger partial charge in [0.1, 0.15) is 5.75 Å². The molecule has 2 N–H and O–H groups in total. The van der Waals surface area contributed by atoms with Gasteiger partial charge in [0.25, 0.3) is 0 Å². The Labute approximate surface area is 172 Å². The zero-order chi connectivity index (χ0) is 21.3. The predicted octanol–water partition coefficient (Wildman–Crippen LogP) is 3.24. The summed E-state index contributed by atoms with van der Waals surface area (Å²) in [4.78, 5) is 12.1. The molecule has 0 aliphatic carbocycles. The van der Waals surface area contributed by atoms with Crippen LogP contribution >= 0.6 is 0 Å². The highest BCUT2D eigenvalue weighted by Gasteiger charge is 2.15. The molecular weight excluding hydrogens is 370 g/mol. The minimum atomic E-state index is -0.662. The van der Waals surface area contributed by atoms with Gasteiger partial charge < -0.3 is 19.6 Å². The Kier molecular flexibility index (Phi) is 8.64. The van der Waals surface area contributed by atoms with Crippen molar-refractivity contribution in [2.45, 2.75) is 77.4 Å². The number of carbonyl (C=O) groups is 1. The molecule has 0 fully saturated rings. The molecule has 2 rings (SSSR count). The number of nitrogens with one attached hydrogen (secondary N) is 1. The summed E-state index contributed by atoms with van der Waals surface area (Å²) in [5.41, 5.74) is 0.429. The maximum absolute atomic E-state index is 12.1. The summed E-state index contributed by atoms with van der Waals surface area (Å²) in [6, 6.07) is 7.93. The van der Waals surface area contributed by atoms with Crippen molar-refractivity contribution in [1.29, 1.82) is 0 Å². The number of aryl methyl sites for hydroxylation is 3. The number of rotatable bonds is 12. The van der Waals surface area contributed by atoms with E-state index in [1.165, 1.54) is 0 Å². The largest absolute Gasteiger partial charge is 0.496 e. The van der Waals surface area contributed by atoms with E-state index in [-0.39, 0.29) is 11.9 Å². The van der Waals surface area contributed by atoms with Gasteiger partial charge in [0.2, 0.25) is 17.7 Å². The number of para-hydroxylation sites is 1. The number of ether oxygens (including phenoxy) is 1. The number of benzene rings is 1. The van der Waals surface area contributed by atoms with E-state index in [9.17, 15) is 9.90 Å². The van der Waals surface area contributed by atoms with Gasteiger partial charge in [-0.1, -0.05) is 18.2 Å². The van der Waals surface area contributed by atoms with E-state index in [1.807, 2.05) is 31.2 Å². The molecule has 1 unspecified atom stereocenters. The Balaban J connectivity index is 1.71. The third-order valence-electron chi connectivity index (χ3n) is 4.71. The zero-order valence-electron chi connectivity index (χ0n) is 17.9. The van der Waals surface area contributed by atoms with Gasteiger partial charge in [0.15, 0.2) is 0 Å². The third-order valence-corrected chi connectivity index (χ3v) is 4.71. The van der Waals surface area contributed by atoms with Crippen molar-refractivity contribution in [2.24, 2.45) is 0 Å². The van der Waals surface area contributed by atoms with Gasteiger partial charge in [-0.3, -0.25) is 4.79 Å². The molecule has 0 radical (unpaired) electrons. The number of amides is 1. The van der Waals surface area contributed by atoms with Crippen LogP contribution in [0.4, 0.5) is 0 Å². The lowest BCUT2D eigenvalue weighted by Crippen LogP contribution is -2.33. The summed E-state index contributed by atoms with van der Waals surface area (Å²) in [6.45, 7) is 5.57. The molecule has 2 aromatic rings. The second-order valence-electron chi connectivity index (χ2n) is 8.07. The van der Waals surface area contributed by atoms with Crippen LogP contribution in [0, 0.1) is 0 Å². The number of aliphatic hydroxyl groups is 1. The van der Waals surface area contributed by atoms with Crippen LogP contribution in [0.1, 0.15) is 63.8 Å². The van der Waals surface area contributed by atoms with E-state index in [0.29, 0.717) is 37.5 Å². The van der Waals surface area contributed by atoms with Gasteiger partial charge in [0.05, 0.1) is 12.7 Å². The van der Waals surface area contributed by atoms with Gasteiger partial charge in [-0.05, 0) is 58.1 Å². The lowest BCUT2D eigenvalue weighted by Gasteiger charge is -2.19. The number of hydrogen-bond donors (Lipinski definition) is 2. The normalized spacial score (nSPS) is 12.6. The number of methoxy groups -OCH3 is 1. The lowest BCUT2D eigenvalue weighted by atomic mass is 10.00. The van der Waals surface area contributed by atoms with E-state index in [1.54, 1.807) is 21.0 Å². The van der Waals surface area contributed by atoms with Gasteiger partial charge in [-0.2, -0.15) is 0 Å². The van der Waals surface area contributed by atoms with Crippen molar-refractivity contribution in [1.82, 2.24) is 15.5 Å². The van der Waals surface area contributed by atoms with Gasteiger partial charge in [-0.25, -0.2) is 0 Å². The first-order valence-corrected chi connectivity index (χ1v) is 10.2. The van der Waals surface area contributed by atoms with Crippen LogP contribution in [0.25, 0.3) is 0 Å². The molecule has 0 spiro atoms. The second kappa shape index (κ2) is 11.0. The summed E-state index contributed by atoms with van der Waals surface area (Å²) >= 11 is 0. The minimum absolute atomic E-state index is 0.0328. The van der Waals surface area contributed by atoms with Gasteiger partial charge >= 0.3 is 0 Å². The predicted molar refractivity (Wildman–Crippen MR) is 111 cm³/mol. The summed E-state index contributed by atoms with van der Waals surface area (Å²) in [5, 5.41) is 20.8. The third kappa shape index (κ3) is 8.64. The van der Waals surface area contributed by atoms with Crippen LogP contribution in [0.5, 0.6) is 5.75 Å². The van der Waals surface area contributed by atoms with Crippen LogP contribution in [-0.4, -0.2) is 40.0 Å². The smallest absolute Gasteiger partial charge is 0.220 e. The van der Waals surface area contributed by atoms with Crippen LogP contribution in [0.15, 0.2) is 28.7 Å². The molecule has 1 atom stereocenters. The zero-order valence-corrected chi connectivity index (χ0v) is 17.9. The van der Waals surface area contributed by atoms with E-state index < -0.39 is 5.60 Å². The number of carbonyl (C=O) groups excluding carboxylic acids is 1. The fraction of sp³-hybridized carbons (Fsp3) is 0.591. The standard InChI is InChI=1S/C22H33N3O4/c1-16(8-7-15-22(2,3)27)23-19(26)12-14-21-25-24-20(29-21)13-11-17-9-5-6-10-18(17)28-4/h5-6,9-10,16,27H,7-8,11-15H2,1-4H3,(H,23,26). The molecule has 0 saturated carbocycles. The molecular formula is C22H33N3O4. The Morgan fingerprint density at radius 3 is 2.59 bits per heavy atom. The number of aromatic nitrogens is 2. The molecule has 1 aromatic carbocycles. The topological polar surface area (TPSA) is 97.5 Å².